The van der Waals surface area contributed by atoms with E-state index in [1.807, 2.05) is 18.2 Å². The largest absolute Gasteiger partial charge is 0.463 e. The first kappa shape index (κ1) is 23.7. The molecule has 0 N–H and O–H groups in total. The van der Waals surface area contributed by atoms with Crippen molar-refractivity contribution in [2.75, 3.05) is 39.2 Å². The lowest BCUT2D eigenvalue weighted by atomic mass is 10.2. The van der Waals surface area contributed by atoms with Crippen molar-refractivity contribution in [1.82, 2.24) is 9.80 Å². The number of anilines is 1. The van der Waals surface area contributed by atoms with Gasteiger partial charge in [0.25, 0.3) is 5.91 Å². The molecule has 1 amide bonds. The topological polar surface area (TPSA) is 53.1 Å². The summed E-state index contributed by atoms with van der Waals surface area (Å²) in [5.74, 6) is -0.518. The summed E-state index contributed by atoms with van der Waals surface area (Å²) in [5.41, 5.74) is 3.08. The van der Waals surface area contributed by atoms with Gasteiger partial charge in [0.15, 0.2) is 0 Å². The summed E-state index contributed by atoms with van der Waals surface area (Å²) < 4.78 is 5.05. The van der Waals surface area contributed by atoms with Crippen molar-refractivity contribution in [2.45, 2.75) is 17.7 Å². The molecular formula is C22H27N3O3S2. The minimum atomic E-state index is -0.399. The second-order valence-corrected chi connectivity index (χ2v) is 8.05. The van der Waals surface area contributed by atoms with Crippen LogP contribution in [0.2, 0.25) is 0 Å². The van der Waals surface area contributed by atoms with Gasteiger partial charge in [-0.1, -0.05) is 42.7 Å². The first-order chi connectivity index (χ1) is 14.4. The van der Waals surface area contributed by atoms with Crippen molar-refractivity contribution < 1.29 is 14.3 Å². The van der Waals surface area contributed by atoms with Crippen LogP contribution in [0.1, 0.15) is 12.8 Å². The number of ether oxygens (including phenoxy) is 1. The van der Waals surface area contributed by atoms with Crippen molar-refractivity contribution in [1.29, 1.82) is 0 Å². The van der Waals surface area contributed by atoms with Crippen LogP contribution in [0, 0.1) is 0 Å². The lowest BCUT2D eigenvalue weighted by Crippen LogP contribution is -2.31. The average molecular weight is 446 g/mol. The summed E-state index contributed by atoms with van der Waals surface area (Å²) in [6, 6.07) is 8.19. The molecule has 1 aliphatic rings. The Hall–Kier alpha value is -2.58. The summed E-state index contributed by atoms with van der Waals surface area (Å²) in [5, 5.41) is 1.03. The Balaban J connectivity index is 2.19. The molecule has 160 valence electrons. The van der Waals surface area contributed by atoms with Gasteiger partial charge in [-0.25, -0.2) is 4.79 Å². The number of nitrogens with zero attached hydrogens (tertiary/aromatic N) is 3. The van der Waals surface area contributed by atoms with Crippen molar-refractivity contribution in [3.05, 3.63) is 59.8 Å². The Kier molecular flexibility index (Phi) is 9.14. The number of amides is 1. The number of hydrogen-bond donors (Lipinski definition) is 0. The van der Waals surface area contributed by atoms with Gasteiger partial charge in [-0.05, 0) is 37.1 Å². The van der Waals surface area contributed by atoms with E-state index in [9.17, 15) is 9.59 Å². The highest BCUT2D eigenvalue weighted by atomic mass is 32.2. The van der Waals surface area contributed by atoms with Gasteiger partial charge in [0, 0.05) is 38.7 Å². The summed E-state index contributed by atoms with van der Waals surface area (Å²) >= 11 is 6.67. The van der Waals surface area contributed by atoms with E-state index in [1.54, 1.807) is 43.9 Å². The van der Waals surface area contributed by atoms with E-state index in [1.165, 1.54) is 21.4 Å². The number of esters is 1. The SMILES string of the molecule is C=CC(=O)OCCCCN1/C(=C\C=C(/C(=O)N(C)C)N(C)C=S)Sc2ccccc21. The standard InChI is InChI=1S/C22H27N3O3S2/c1-5-21(26)28-15-9-8-14-25-17-10-6-7-11-19(17)30-20(25)13-12-18(24(4)16-29)22(27)23(2)3/h5-7,10-13,16H,1,8-9,14-15H2,2-4H3/b18-12+,20-13+. The van der Waals surface area contributed by atoms with Crippen LogP contribution in [0.4, 0.5) is 5.69 Å². The van der Waals surface area contributed by atoms with E-state index in [4.69, 9.17) is 17.0 Å². The maximum Gasteiger partial charge on any atom is 0.330 e. The molecule has 30 heavy (non-hydrogen) atoms. The van der Waals surface area contributed by atoms with Crippen LogP contribution < -0.4 is 4.90 Å². The number of para-hydroxylation sites is 1. The van der Waals surface area contributed by atoms with Crippen LogP contribution >= 0.6 is 24.0 Å². The summed E-state index contributed by atoms with van der Waals surface area (Å²) in [6.07, 6.45) is 6.53. The molecule has 0 radical (unpaired) electrons. The van der Waals surface area contributed by atoms with Gasteiger partial charge in [-0.2, -0.15) is 0 Å². The van der Waals surface area contributed by atoms with Crippen molar-refractivity contribution in [2.24, 2.45) is 0 Å². The Morgan fingerprint density at radius 2 is 1.97 bits per heavy atom. The highest BCUT2D eigenvalue weighted by molar-refractivity contribution is 8.03. The van der Waals surface area contributed by atoms with E-state index in [2.05, 4.69) is 23.6 Å². The quantitative estimate of drug-likeness (QED) is 0.235. The summed E-state index contributed by atoms with van der Waals surface area (Å²) in [6.45, 7) is 4.54. The number of thiocarbonyl (C=S) groups is 1. The van der Waals surface area contributed by atoms with E-state index >= 15 is 0 Å². The maximum atomic E-state index is 12.5. The molecule has 0 unspecified atom stereocenters. The molecular weight excluding hydrogens is 418 g/mol. The summed E-state index contributed by atoms with van der Waals surface area (Å²) in [7, 11) is 5.19. The minimum absolute atomic E-state index is 0.119. The molecule has 1 aliphatic heterocycles. The van der Waals surface area contributed by atoms with E-state index < -0.39 is 5.97 Å². The first-order valence-electron chi connectivity index (χ1n) is 9.54. The molecule has 0 aliphatic carbocycles. The fourth-order valence-corrected chi connectivity index (χ4v) is 3.99. The Morgan fingerprint density at radius 1 is 1.23 bits per heavy atom. The highest BCUT2D eigenvalue weighted by Crippen LogP contribution is 2.45. The number of benzene rings is 1. The molecule has 1 aromatic carbocycles. The van der Waals surface area contributed by atoms with E-state index in [0.717, 1.165) is 30.1 Å². The fourth-order valence-electron chi connectivity index (χ4n) is 2.79. The van der Waals surface area contributed by atoms with Crippen LogP contribution in [0.15, 0.2) is 64.7 Å². The second-order valence-electron chi connectivity index (χ2n) is 6.77. The Labute approximate surface area is 187 Å². The van der Waals surface area contributed by atoms with Crippen LogP contribution in [-0.2, 0) is 14.3 Å². The molecule has 0 saturated carbocycles. The van der Waals surface area contributed by atoms with Gasteiger partial charge in [0.2, 0.25) is 0 Å². The number of rotatable bonds is 10. The van der Waals surface area contributed by atoms with E-state index in [0.29, 0.717) is 12.3 Å². The normalized spacial score (nSPS) is 14.3. The lowest BCUT2D eigenvalue weighted by molar-refractivity contribution is -0.137. The lowest BCUT2D eigenvalue weighted by Gasteiger charge is -2.21. The van der Waals surface area contributed by atoms with Crippen LogP contribution in [0.5, 0.6) is 0 Å². The van der Waals surface area contributed by atoms with Gasteiger partial charge in [0.1, 0.15) is 5.70 Å². The molecule has 0 spiro atoms. The number of unbranched alkanes of at least 4 members (excludes halogenated alkanes) is 1. The number of thioether (sulfide) groups is 1. The molecule has 6 nitrogen and oxygen atoms in total. The molecule has 0 aromatic heterocycles. The number of hydrogen-bond acceptors (Lipinski definition) is 6. The van der Waals surface area contributed by atoms with Crippen LogP contribution in [0.3, 0.4) is 0 Å². The van der Waals surface area contributed by atoms with Gasteiger partial charge < -0.3 is 19.4 Å². The monoisotopic (exact) mass is 445 g/mol. The zero-order valence-electron chi connectivity index (χ0n) is 17.5. The molecule has 0 atom stereocenters. The third kappa shape index (κ3) is 6.21. The number of allylic oxidation sites excluding steroid dienone is 2. The molecule has 1 heterocycles. The molecule has 0 saturated heterocycles. The van der Waals surface area contributed by atoms with Crippen molar-refractivity contribution in [3.63, 3.8) is 0 Å². The third-order valence-corrected chi connectivity index (χ3v) is 5.82. The van der Waals surface area contributed by atoms with Crippen molar-refractivity contribution in [3.8, 4) is 0 Å². The van der Waals surface area contributed by atoms with Gasteiger partial charge in [-0.15, -0.1) is 0 Å². The second kappa shape index (κ2) is 11.6. The molecule has 8 heteroatoms. The Morgan fingerprint density at radius 3 is 2.63 bits per heavy atom. The van der Waals surface area contributed by atoms with Gasteiger partial charge in [0.05, 0.1) is 22.8 Å². The third-order valence-electron chi connectivity index (χ3n) is 4.37. The van der Waals surface area contributed by atoms with Gasteiger partial charge in [-0.3, -0.25) is 4.79 Å². The average Bonchev–Trinajstić information content (AvgIpc) is 3.10. The molecule has 0 fully saturated rings. The molecule has 0 bridgehead atoms. The fraction of sp³-hybridized carbons (Fsp3) is 0.318. The zero-order chi connectivity index (χ0) is 22.1. The highest BCUT2D eigenvalue weighted by Gasteiger charge is 2.24. The molecule has 2 rings (SSSR count). The summed E-state index contributed by atoms with van der Waals surface area (Å²) in [4.78, 5) is 30.2. The number of carbonyl (C=O) groups excluding carboxylic acids is 2. The maximum absolute atomic E-state index is 12.5. The van der Waals surface area contributed by atoms with Crippen LogP contribution in [-0.4, -0.2) is 61.5 Å². The van der Waals surface area contributed by atoms with Gasteiger partial charge >= 0.3 is 5.97 Å². The number of carbonyl (C=O) groups is 2. The Bertz CT molecular complexity index is 865. The molecule has 1 aromatic rings. The first-order valence-corrected chi connectivity index (χ1v) is 10.8. The van der Waals surface area contributed by atoms with Crippen molar-refractivity contribution >= 4 is 47.0 Å². The smallest absolute Gasteiger partial charge is 0.330 e. The van der Waals surface area contributed by atoms with Crippen LogP contribution in [0.25, 0.3) is 0 Å². The van der Waals surface area contributed by atoms with E-state index in [-0.39, 0.29) is 5.91 Å². The predicted molar refractivity (Wildman–Crippen MR) is 126 cm³/mol. The zero-order valence-corrected chi connectivity index (χ0v) is 19.2. The number of fused-ring (bicyclic) bond motifs is 1. The predicted octanol–water partition coefficient (Wildman–Crippen LogP) is 3.81. The number of likely N-dealkylation sites (N-methyl/N-ethyl adjacent to an activating group) is 2. The minimum Gasteiger partial charge on any atom is -0.463 e.